The summed E-state index contributed by atoms with van der Waals surface area (Å²) in [7, 11) is 3.82. The first-order valence-corrected chi connectivity index (χ1v) is 32.8. The van der Waals surface area contributed by atoms with Crippen LogP contribution in [0.1, 0.15) is 180 Å². The highest BCUT2D eigenvalue weighted by atomic mass is 79.9. The van der Waals surface area contributed by atoms with Gasteiger partial charge in [0.25, 0.3) is 0 Å². The van der Waals surface area contributed by atoms with Gasteiger partial charge in [-0.25, -0.2) is 57.1 Å². The molecule has 0 spiro atoms. The van der Waals surface area contributed by atoms with Crippen LogP contribution in [0.25, 0.3) is 10.4 Å². The second kappa shape index (κ2) is 39.6. The maximum absolute atomic E-state index is 12.2. The Morgan fingerprint density at radius 1 is 0.551 bits per heavy atom. The molecule has 40 heteroatoms. The van der Waals surface area contributed by atoms with E-state index in [9.17, 15) is 43.2 Å². The Balaban J connectivity index is 0.000000409. The summed E-state index contributed by atoms with van der Waals surface area (Å²) in [4.78, 5) is 112. The minimum Gasteiger partial charge on any atom is -0.476 e. The topological polar surface area (TPSA) is 441 Å². The standard InChI is InChI=1S/C13H20BrN3O4.C12H18N4O4.C11H16N4O4.C10H15BrN4O2.C8H16N4O2.C4H3BrO2/c1-13(2,3)21-9(18)7-5-6-8-17-11(14)10(15-16-17)12(19)20-4;1-12(2,3)20-11(18)15-6-5-7-16-9(15)8(13-14-16)10(17)19-4;1-11(2,3)19-10(18)14-5-4-6-15-8(14)7(9(16)17)12-13-15;1-10(2,3)17-9(16)14-5-4-6-15-8(14)7(11)12-13-15;1-8(2,3)14-7(13)10-5-4-6-11-12-9;1-7-4(6)2-3-5/h5-8H2,1-4H3;5-7H2,1-4H3;4-6H2,1-3H3,(H,16,17);4-6H2,1-3H3;4-6H2,1-3H3,(H,10,13);1H3. The number of anilines is 3. The van der Waals surface area contributed by atoms with Crippen molar-refractivity contribution in [3.63, 3.8) is 0 Å². The SMILES string of the molecule is CC(C)(C)OC(=O)N1CCCn2nnc(Br)c21.CC(C)(C)OC(=O)N1CCCn2nnc(C(=O)O)c21.CC(C)(C)OC(=O)NCCCN=[N+]=[N-].COC(=O)C#CBr.COC(=O)c1nnn(CCCCC(=O)OC(C)(C)C)c1Br.COC(=O)c1nnn2c1N(C(=O)OC(C)(C)C)CCC2. The predicted molar refractivity (Wildman–Crippen MR) is 361 cm³/mol. The van der Waals surface area contributed by atoms with E-state index in [1.54, 1.807) is 76.6 Å². The maximum Gasteiger partial charge on any atom is 0.416 e. The lowest BCUT2D eigenvalue weighted by Gasteiger charge is -2.30. The third kappa shape index (κ3) is 30.8. The van der Waals surface area contributed by atoms with E-state index in [0.717, 1.165) is 25.8 Å². The summed E-state index contributed by atoms with van der Waals surface area (Å²) in [6, 6.07) is 0. The Bertz CT molecular complexity index is 3470. The fourth-order valence-corrected chi connectivity index (χ4v) is 8.96. The molecule has 0 saturated carbocycles. The number of ether oxygens (including phenoxy) is 8. The maximum atomic E-state index is 12.2. The molecule has 0 fully saturated rings. The van der Waals surface area contributed by atoms with Crippen LogP contribution in [0.4, 0.5) is 36.6 Å². The number of carboxylic acid groups (broad SMARTS) is 1. The van der Waals surface area contributed by atoms with Crippen molar-refractivity contribution >= 4 is 119 Å². The molecule has 98 heavy (non-hydrogen) atoms. The smallest absolute Gasteiger partial charge is 0.416 e. The summed E-state index contributed by atoms with van der Waals surface area (Å²) >= 11 is 9.28. The minimum absolute atomic E-state index is 0.0260. The van der Waals surface area contributed by atoms with Crippen molar-refractivity contribution < 1.29 is 86.2 Å². The van der Waals surface area contributed by atoms with E-state index >= 15 is 0 Å². The number of aromatic nitrogens is 12. The monoisotopic (exact) mass is 1580 g/mol. The molecule has 2 N–H and O–H groups in total. The van der Waals surface area contributed by atoms with E-state index in [-0.39, 0.29) is 35.0 Å². The van der Waals surface area contributed by atoms with Crippen LogP contribution in [0.15, 0.2) is 14.3 Å². The van der Waals surface area contributed by atoms with Gasteiger partial charge in [0.2, 0.25) is 17.1 Å². The number of esters is 4. The number of rotatable bonds is 12. The molecular weight excluding hydrogens is 1490 g/mol. The highest BCUT2D eigenvalue weighted by molar-refractivity contribution is 9.12. The van der Waals surface area contributed by atoms with E-state index in [1.807, 2.05) is 41.5 Å². The Morgan fingerprint density at radius 2 is 0.969 bits per heavy atom. The van der Waals surface area contributed by atoms with Crippen LogP contribution in [-0.4, -0.2) is 201 Å². The second-order valence-electron chi connectivity index (χ2n) is 25.6. The van der Waals surface area contributed by atoms with Crippen molar-refractivity contribution in [3.05, 3.63) is 36.7 Å². The van der Waals surface area contributed by atoms with Crippen LogP contribution in [0.2, 0.25) is 0 Å². The van der Waals surface area contributed by atoms with Crippen molar-refractivity contribution in [3.8, 4) is 10.8 Å². The number of carbonyl (C=O) groups is 9. The number of nitrogens with zero attached hydrogens (tertiary/aromatic N) is 18. The van der Waals surface area contributed by atoms with Gasteiger partial charge in [0.05, 0.1) is 21.3 Å². The van der Waals surface area contributed by atoms with E-state index in [1.165, 1.54) is 40.5 Å². The number of azide groups is 1. The van der Waals surface area contributed by atoms with Gasteiger partial charge in [-0.2, -0.15) is 0 Å². The first-order valence-electron chi connectivity index (χ1n) is 30.4. The number of carbonyl (C=O) groups excluding carboxylic acids is 8. The number of hydrogen-bond donors (Lipinski definition) is 2. The van der Waals surface area contributed by atoms with Crippen molar-refractivity contribution in [1.29, 1.82) is 0 Å². The number of aromatic carboxylic acids is 1. The quantitative estimate of drug-likeness (QED) is 0.0253. The van der Waals surface area contributed by atoms with E-state index in [2.05, 4.69) is 129 Å². The van der Waals surface area contributed by atoms with Gasteiger partial charge < -0.3 is 48.3 Å². The Kier molecular flexibility index (Phi) is 34.5. The molecule has 4 aromatic rings. The van der Waals surface area contributed by atoms with Crippen molar-refractivity contribution in [1.82, 2.24) is 65.3 Å². The first kappa shape index (κ1) is 85.4. The van der Waals surface area contributed by atoms with Gasteiger partial charge in [0.15, 0.2) is 22.1 Å². The number of methoxy groups -OCH3 is 3. The van der Waals surface area contributed by atoms with Gasteiger partial charge in [0.1, 0.15) is 32.6 Å². The molecule has 0 unspecified atom stereocenters. The number of aryl methyl sites for hydroxylation is 4. The van der Waals surface area contributed by atoms with Gasteiger partial charge in [0, 0.05) is 92.1 Å². The van der Waals surface area contributed by atoms with Gasteiger partial charge >= 0.3 is 54.2 Å². The molecule has 7 heterocycles. The first-order chi connectivity index (χ1) is 45.5. The van der Waals surface area contributed by atoms with Crippen LogP contribution in [0, 0.1) is 10.8 Å². The number of unbranched alkanes of at least 4 members (excludes halogenated alkanes) is 1. The molecule has 4 aromatic heterocycles. The largest absolute Gasteiger partial charge is 0.476 e. The average Bonchev–Trinajstić information content (AvgIpc) is 1.62. The number of fused-ring (bicyclic) bond motifs is 3. The number of nitrogens with one attached hydrogen (secondary N) is 1. The van der Waals surface area contributed by atoms with E-state index in [0.29, 0.717) is 98.9 Å². The van der Waals surface area contributed by atoms with Crippen LogP contribution in [-0.2, 0) is 73.7 Å². The minimum atomic E-state index is -1.21. The van der Waals surface area contributed by atoms with Crippen molar-refractivity contribution in [2.45, 2.75) is 203 Å². The zero-order chi connectivity index (χ0) is 74.5. The highest BCUT2D eigenvalue weighted by Gasteiger charge is 2.36. The molecule has 544 valence electrons. The predicted octanol–water partition coefficient (Wildman–Crippen LogP) is 9.58. The molecule has 3 aliphatic heterocycles. The van der Waals surface area contributed by atoms with Crippen molar-refractivity contribution in [2.75, 3.05) is 68.8 Å². The summed E-state index contributed by atoms with van der Waals surface area (Å²) < 4.78 is 46.8. The van der Waals surface area contributed by atoms with Gasteiger partial charge in [-0.3, -0.25) is 19.5 Å². The zero-order valence-electron chi connectivity index (χ0n) is 58.4. The van der Waals surface area contributed by atoms with Crippen LogP contribution in [0.5, 0.6) is 0 Å². The van der Waals surface area contributed by atoms with Crippen LogP contribution < -0.4 is 20.0 Å². The fraction of sp³-hybridized carbons (Fsp3) is 0.672. The molecule has 7 rings (SSSR count). The summed E-state index contributed by atoms with van der Waals surface area (Å²) in [5.74, 6) is 0.173. The third-order valence-corrected chi connectivity index (χ3v) is 13.0. The molecule has 3 aliphatic rings. The van der Waals surface area contributed by atoms with Gasteiger partial charge in [-0.05, 0) is 185 Å². The number of halogens is 3. The normalized spacial score (nSPS) is 12.9. The lowest BCUT2D eigenvalue weighted by atomic mass is 10.2. The number of carboxylic acids is 1. The Hall–Kier alpha value is -8.70. The summed E-state index contributed by atoms with van der Waals surface area (Å²) in [5.41, 5.74) is 5.22. The Morgan fingerprint density at radius 3 is 1.39 bits per heavy atom. The molecule has 37 nitrogen and oxygen atoms in total. The summed E-state index contributed by atoms with van der Waals surface area (Å²) in [6.07, 6.45) is 2.70. The molecule has 0 saturated heterocycles. The Labute approximate surface area is 592 Å². The number of hydrogen-bond acceptors (Lipinski definition) is 26. The lowest BCUT2D eigenvalue weighted by Crippen LogP contribution is -2.42. The summed E-state index contributed by atoms with van der Waals surface area (Å²) in [6.45, 7) is 31.8. The summed E-state index contributed by atoms with van der Waals surface area (Å²) in [5, 5.41) is 45.4. The lowest BCUT2D eigenvalue weighted by molar-refractivity contribution is -0.155. The van der Waals surface area contributed by atoms with Crippen LogP contribution in [0.3, 0.4) is 0 Å². The van der Waals surface area contributed by atoms with Crippen molar-refractivity contribution in [2.24, 2.45) is 5.11 Å². The molecule has 4 amide bonds. The number of amides is 4. The van der Waals surface area contributed by atoms with Gasteiger partial charge in [-0.1, -0.05) is 26.0 Å². The average molecular weight is 1580 g/mol. The van der Waals surface area contributed by atoms with E-state index < -0.39 is 70.2 Å². The fourth-order valence-electron chi connectivity index (χ4n) is 7.82. The van der Waals surface area contributed by atoms with Crippen LogP contribution >= 0.6 is 47.8 Å². The third-order valence-electron chi connectivity index (χ3n) is 11.5. The molecular formula is C58H88Br3N19O18. The molecule has 0 radical (unpaired) electrons. The molecule has 0 bridgehead atoms. The molecule has 0 aliphatic carbocycles. The molecule has 0 aromatic carbocycles. The van der Waals surface area contributed by atoms with E-state index in [4.69, 9.17) is 34.3 Å². The zero-order valence-corrected chi connectivity index (χ0v) is 63.1. The molecule has 0 atom stereocenters. The highest BCUT2D eigenvalue weighted by Crippen LogP contribution is 2.30. The van der Waals surface area contributed by atoms with Gasteiger partial charge in [-0.15, -0.1) is 20.4 Å². The number of alkyl carbamates (subject to hydrolysis) is 1. The second-order valence-corrected chi connectivity index (χ2v) is 27.5.